The Morgan fingerprint density at radius 3 is 2.83 bits per heavy atom. The molecular formula is C12H20N4O2. The summed E-state index contributed by atoms with van der Waals surface area (Å²) >= 11 is 0. The van der Waals surface area contributed by atoms with E-state index in [4.69, 9.17) is 10.6 Å². The Kier molecular flexibility index (Phi) is 5.70. The molecule has 100 valence electrons. The van der Waals surface area contributed by atoms with Gasteiger partial charge in [0.2, 0.25) is 0 Å². The monoisotopic (exact) mass is 252 g/mol. The van der Waals surface area contributed by atoms with Crippen molar-refractivity contribution >= 4 is 5.91 Å². The van der Waals surface area contributed by atoms with Crippen LogP contribution in [0.15, 0.2) is 18.3 Å². The largest absolute Gasteiger partial charge is 0.383 e. The molecule has 1 amide bonds. The molecule has 0 radical (unpaired) electrons. The predicted octanol–water partition coefficient (Wildman–Crippen LogP) is 0.152. The summed E-state index contributed by atoms with van der Waals surface area (Å²) in [5.74, 6) is 4.71. The molecule has 18 heavy (non-hydrogen) atoms. The fourth-order valence-corrected chi connectivity index (χ4v) is 1.52. The molecule has 1 rings (SSSR count). The standard InChI is InChI=1S/C12H20N4O2/c1-9(8-18-3)16(2)7-11-5-4-10(6-14-11)12(17)15-13/h4-6,9H,7-8,13H2,1-3H3,(H,15,17). The number of pyridine rings is 1. The van der Waals surface area contributed by atoms with Crippen LogP contribution in [0.4, 0.5) is 0 Å². The molecule has 6 nitrogen and oxygen atoms in total. The van der Waals surface area contributed by atoms with E-state index in [2.05, 4.69) is 22.2 Å². The van der Waals surface area contributed by atoms with E-state index >= 15 is 0 Å². The SMILES string of the molecule is COCC(C)N(C)Cc1ccc(C(=O)NN)cn1. The number of hydrogen-bond donors (Lipinski definition) is 2. The van der Waals surface area contributed by atoms with Crippen LogP contribution < -0.4 is 11.3 Å². The number of likely N-dealkylation sites (N-methyl/N-ethyl adjacent to an activating group) is 1. The second-order valence-corrected chi connectivity index (χ2v) is 4.23. The molecule has 0 spiro atoms. The molecule has 1 unspecified atom stereocenters. The average molecular weight is 252 g/mol. The lowest BCUT2D eigenvalue weighted by molar-refractivity contribution is 0.0953. The number of rotatable bonds is 6. The van der Waals surface area contributed by atoms with Gasteiger partial charge in [0, 0.05) is 25.9 Å². The van der Waals surface area contributed by atoms with Gasteiger partial charge in [-0.2, -0.15) is 0 Å². The van der Waals surface area contributed by atoms with E-state index in [0.29, 0.717) is 24.8 Å². The van der Waals surface area contributed by atoms with Gasteiger partial charge in [-0.3, -0.25) is 20.1 Å². The summed E-state index contributed by atoms with van der Waals surface area (Å²) in [4.78, 5) is 17.6. The van der Waals surface area contributed by atoms with E-state index < -0.39 is 0 Å². The van der Waals surface area contributed by atoms with Crippen LogP contribution in [0, 0.1) is 0 Å². The van der Waals surface area contributed by atoms with Gasteiger partial charge < -0.3 is 4.74 Å². The van der Waals surface area contributed by atoms with Crippen LogP contribution in [-0.2, 0) is 11.3 Å². The molecule has 1 aromatic heterocycles. The minimum absolute atomic E-state index is 0.309. The van der Waals surface area contributed by atoms with Crippen molar-refractivity contribution in [3.8, 4) is 0 Å². The van der Waals surface area contributed by atoms with E-state index in [1.165, 1.54) is 6.20 Å². The minimum atomic E-state index is -0.338. The number of methoxy groups -OCH3 is 1. The van der Waals surface area contributed by atoms with Crippen LogP contribution in [0.1, 0.15) is 23.0 Å². The predicted molar refractivity (Wildman–Crippen MR) is 68.7 cm³/mol. The Morgan fingerprint density at radius 1 is 1.61 bits per heavy atom. The second-order valence-electron chi connectivity index (χ2n) is 4.23. The fraction of sp³-hybridized carbons (Fsp3) is 0.500. The van der Waals surface area contributed by atoms with Gasteiger partial charge in [-0.15, -0.1) is 0 Å². The maximum atomic E-state index is 11.2. The first-order valence-electron chi connectivity index (χ1n) is 5.73. The number of nitrogens with two attached hydrogens (primary N) is 1. The highest BCUT2D eigenvalue weighted by molar-refractivity contribution is 5.93. The number of aromatic nitrogens is 1. The van der Waals surface area contributed by atoms with Gasteiger partial charge in [0.15, 0.2) is 0 Å². The Bertz CT molecular complexity index is 380. The number of hydrazine groups is 1. The van der Waals surface area contributed by atoms with Gasteiger partial charge in [0.1, 0.15) is 0 Å². The third-order valence-corrected chi connectivity index (χ3v) is 2.79. The number of nitrogens with zero attached hydrogens (tertiary/aromatic N) is 2. The second kappa shape index (κ2) is 7.05. The van der Waals surface area contributed by atoms with Crippen LogP contribution in [-0.4, -0.2) is 42.6 Å². The molecule has 0 aliphatic heterocycles. The van der Waals surface area contributed by atoms with Gasteiger partial charge in [0.05, 0.1) is 17.9 Å². The molecule has 1 atom stereocenters. The van der Waals surface area contributed by atoms with E-state index in [-0.39, 0.29) is 5.91 Å². The number of hydrogen-bond acceptors (Lipinski definition) is 5. The summed E-state index contributed by atoms with van der Waals surface area (Å²) in [6.07, 6.45) is 1.52. The lowest BCUT2D eigenvalue weighted by atomic mass is 10.2. The summed E-state index contributed by atoms with van der Waals surface area (Å²) in [6.45, 7) is 3.46. The molecule has 3 N–H and O–H groups in total. The van der Waals surface area contributed by atoms with Crippen molar-refractivity contribution in [2.45, 2.75) is 19.5 Å². The lowest BCUT2D eigenvalue weighted by Gasteiger charge is -2.23. The molecule has 0 saturated carbocycles. The molecule has 0 aliphatic rings. The Balaban J connectivity index is 2.60. The first-order chi connectivity index (χ1) is 8.58. The molecule has 6 heteroatoms. The molecule has 0 aliphatic carbocycles. The normalized spacial score (nSPS) is 12.5. The Morgan fingerprint density at radius 2 is 2.33 bits per heavy atom. The number of ether oxygens (including phenoxy) is 1. The highest BCUT2D eigenvalue weighted by Crippen LogP contribution is 2.05. The van der Waals surface area contributed by atoms with Gasteiger partial charge in [-0.25, -0.2) is 5.84 Å². The summed E-state index contributed by atoms with van der Waals surface area (Å²) in [5, 5.41) is 0. The average Bonchev–Trinajstić information content (AvgIpc) is 2.39. The molecule has 1 heterocycles. The number of nitrogen functional groups attached to an aromatic ring is 1. The first-order valence-corrected chi connectivity index (χ1v) is 5.73. The quantitative estimate of drug-likeness (QED) is 0.428. The Labute approximate surface area is 107 Å². The zero-order valence-corrected chi connectivity index (χ0v) is 11.0. The number of carbonyl (C=O) groups is 1. The van der Waals surface area contributed by atoms with E-state index in [1.807, 2.05) is 13.1 Å². The highest BCUT2D eigenvalue weighted by atomic mass is 16.5. The van der Waals surface area contributed by atoms with Crippen LogP contribution in [0.25, 0.3) is 0 Å². The zero-order chi connectivity index (χ0) is 13.5. The molecule has 1 aromatic rings. The van der Waals surface area contributed by atoms with Crippen molar-refractivity contribution in [2.75, 3.05) is 20.8 Å². The molecule has 0 fully saturated rings. The van der Waals surface area contributed by atoms with E-state index in [0.717, 1.165) is 5.69 Å². The fourth-order valence-electron chi connectivity index (χ4n) is 1.52. The maximum absolute atomic E-state index is 11.2. The minimum Gasteiger partial charge on any atom is -0.383 e. The third-order valence-electron chi connectivity index (χ3n) is 2.79. The van der Waals surface area contributed by atoms with E-state index in [1.54, 1.807) is 13.2 Å². The van der Waals surface area contributed by atoms with Crippen molar-refractivity contribution in [1.29, 1.82) is 0 Å². The van der Waals surface area contributed by atoms with Crippen molar-refractivity contribution in [3.05, 3.63) is 29.6 Å². The van der Waals surface area contributed by atoms with E-state index in [9.17, 15) is 4.79 Å². The van der Waals surface area contributed by atoms with Gasteiger partial charge in [-0.05, 0) is 26.1 Å². The number of carbonyl (C=O) groups excluding carboxylic acids is 1. The molecular weight excluding hydrogens is 232 g/mol. The van der Waals surface area contributed by atoms with Crippen molar-refractivity contribution < 1.29 is 9.53 Å². The molecule has 0 bridgehead atoms. The molecule has 0 saturated heterocycles. The zero-order valence-electron chi connectivity index (χ0n) is 11.0. The summed E-state index contributed by atoms with van der Waals surface area (Å²) in [6, 6.07) is 3.84. The van der Waals surface area contributed by atoms with Gasteiger partial charge >= 0.3 is 0 Å². The lowest BCUT2D eigenvalue weighted by Crippen LogP contribution is -2.32. The topological polar surface area (TPSA) is 80.5 Å². The maximum Gasteiger partial charge on any atom is 0.266 e. The number of amides is 1. The first kappa shape index (κ1) is 14.6. The third kappa shape index (κ3) is 4.06. The van der Waals surface area contributed by atoms with Crippen LogP contribution in [0.3, 0.4) is 0 Å². The summed E-state index contributed by atoms with van der Waals surface area (Å²) < 4.78 is 5.10. The summed E-state index contributed by atoms with van der Waals surface area (Å²) in [7, 11) is 3.69. The Hall–Kier alpha value is -1.50. The van der Waals surface area contributed by atoms with Crippen molar-refractivity contribution in [2.24, 2.45) is 5.84 Å². The highest BCUT2D eigenvalue weighted by Gasteiger charge is 2.10. The van der Waals surface area contributed by atoms with Gasteiger partial charge in [-0.1, -0.05) is 0 Å². The van der Waals surface area contributed by atoms with Crippen molar-refractivity contribution in [1.82, 2.24) is 15.3 Å². The van der Waals surface area contributed by atoms with Crippen LogP contribution in [0.2, 0.25) is 0 Å². The smallest absolute Gasteiger partial charge is 0.266 e. The summed E-state index contributed by atoms with van der Waals surface area (Å²) in [5.41, 5.74) is 3.42. The number of nitrogens with one attached hydrogen (secondary N) is 1. The van der Waals surface area contributed by atoms with Crippen LogP contribution in [0.5, 0.6) is 0 Å². The molecule has 0 aromatic carbocycles. The van der Waals surface area contributed by atoms with Crippen molar-refractivity contribution in [3.63, 3.8) is 0 Å². The van der Waals surface area contributed by atoms with Gasteiger partial charge in [0.25, 0.3) is 5.91 Å². The van der Waals surface area contributed by atoms with Crippen LogP contribution >= 0.6 is 0 Å².